The lowest BCUT2D eigenvalue weighted by Gasteiger charge is -2.25. The molecule has 1 aliphatic heterocycles. The normalized spacial score (nSPS) is 22.4. The Hall–Kier alpha value is -2.09. The Balaban J connectivity index is 2.01. The van der Waals surface area contributed by atoms with Crippen molar-refractivity contribution in [3.05, 3.63) is 66.0 Å². The summed E-state index contributed by atoms with van der Waals surface area (Å²) in [5.74, 6) is 0.0804. The minimum absolute atomic E-state index is 0.0804. The predicted molar refractivity (Wildman–Crippen MR) is 66.1 cm³/mol. The van der Waals surface area contributed by atoms with Gasteiger partial charge in [-0.2, -0.15) is 0 Å². The van der Waals surface area contributed by atoms with E-state index in [1.165, 1.54) is 0 Å². The number of fused-ring (bicyclic) bond motifs is 1. The van der Waals surface area contributed by atoms with E-state index < -0.39 is 0 Å². The molecular weight excluding hydrogens is 212 g/mol. The molecule has 0 aromatic heterocycles. The summed E-state index contributed by atoms with van der Waals surface area (Å²) in [6, 6.07) is 9.62. The highest BCUT2D eigenvalue weighted by molar-refractivity contribution is 6.29. The van der Waals surface area contributed by atoms with E-state index in [9.17, 15) is 4.79 Å². The minimum atomic E-state index is -0.0973. The maximum Gasteiger partial charge on any atom is 0.196 e. The van der Waals surface area contributed by atoms with Gasteiger partial charge in [0.05, 0.1) is 11.8 Å². The fraction of sp³-hybridized carbons (Fsp3) is 0.133. The Kier molecular flexibility index (Phi) is 2.41. The number of hydrogen-bond donors (Lipinski definition) is 0. The van der Waals surface area contributed by atoms with Gasteiger partial charge in [0.2, 0.25) is 0 Å². The van der Waals surface area contributed by atoms with E-state index in [1.807, 2.05) is 48.6 Å². The van der Waals surface area contributed by atoms with Gasteiger partial charge in [0.15, 0.2) is 5.78 Å². The smallest absolute Gasteiger partial charge is 0.196 e. The first-order chi connectivity index (χ1) is 8.36. The number of ketones is 1. The van der Waals surface area contributed by atoms with Crippen molar-refractivity contribution in [2.45, 2.75) is 12.5 Å². The van der Waals surface area contributed by atoms with Crippen LogP contribution in [0, 0.1) is 0 Å². The van der Waals surface area contributed by atoms with E-state index in [0.717, 1.165) is 17.6 Å². The van der Waals surface area contributed by atoms with Crippen LogP contribution in [0.4, 0.5) is 0 Å². The number of benzene rings is 1. The van der Waals surface area contributed by atoms with Gasteiger partial charge in [-0.25, -0.2) is 0 Å². The zero-order chi connectivity index (χ0) is 11.7. The topological polar surface area (TPSA) is 26.3 Å². The molecule has 2 aliphatic rings. The number of hydrogen-bond acceptors (Lipinski definition) is 2. The summed E-state index contributed by atoms with van der Waals surface area (Å²) in [7, 11) is 0. The minimum Gasteiger partial charge on any atom is -0.492 e. The molecule has 3 rings (SSSR count). The summed E-state index contributed by atoms with van der Waals surface area (Å²) in [6.45, 7) is 0. The van der Waals surface area contributed by atoms with E-state index in [1.54, 1.807) is 6.26 Å². The lowest BCUT2D eigenvalue weighted by Crippen LogP contribution is -2.26. The van der Waals surface area contributed by atoms with Crippen molar-refractivity contribution in [1.29, 1.82) is 0 Å². The summed E-state index contributed by atoms with van der Waals surface area (Å²) in [5, 5.41) is 0. The van der Waals surface area contributed by atoms with E-state index in [2.05, 4.69) is 0 Å². The van der Waals surface area contributed by atoms with E-state index >= 15 is 0 Å². The van der Waals surface area contributed by atoms with Gasteiger partial charge in [-0.15, -0.1) is 0 Å². The fourth-order valence-corrected chi connectivity index (χ4v) is 2.13. The second-order valence-corrected chi connectivity index (χ2v) is 4.14. The van der Waals surface area contributed by atoms with Gasteiger partial charge in [-0.3, -0.25) is 4.79 Å². The third-order valence-electron chi connectivity index (χ3n) is 3.05. The molecule has 17 heavy (non-hydrogen) atoms. The molecule has 1 aromatic carbocycles. The molecule has 1 atom stereocenters. The van der Waals surface area contributed by atoms with E-state index in [4.69, 9.17) is 4.74 Å². The average molecular weight is 224 g/mol. The van der Waals surface area contributed by atoms with Crippen molar-refractivity contribution in [2.75, 3.05) is 0 Å². The maximum absolute atomic E-state index is 12.3. The summed E-state index contributed by atoms with van der Waals surface area (Å²) in [5.41, 5.74) is 2.31. The molecule has 0 fully saturated rings. The van der Waals surface area contributed by atoms with Crippen LogP contribution in [0.3, 0.4) is 0 Å². The summed E-state index contributed by atoms with van der Waals surface area (Å²) in [4.78, 5) is 12.3. The molecule has 0 N–H and O–H groups in total. The molecule has 0 saturated carbocycles. The monoisotopic (exact) mass is 224 g/mol. The van der Waals surface area contributed by atoms with E-state index in [-0.39, 0.29) is 11.9 Å². The van der Waals surface area contributed by atoms with Crippen molar-refractivity contribution < 1.29 is 9.53 Å². The van der Waals surface area contributed by atoms with Gasteiger partial charge in [0.1, 0.15) is 6.10 Å². The van der Waals surface area contributed by atoms with Crippen molar-refractivity contribution in [2.24, 2.45) is 0 Å². The lowest BCUT2D eigenvalue weighted by molar-refractivity contribution is -0.112. The first kappa shape index (κ1) is 10.1. The Morgan fingerprint density at radius 3 is 2.82 bits per heavy atom. The predicted octanol–water partition coefficient (Wildman–Crippen LogP) is 2.88. The van der Waals surface area contributed by atoms with Gasteiger partial charge in [-0.1, -0.05) is 48.6 Å². The molecule has 1 aromatic rings. The Morgan fingerprint density at radius 2 is 2.00 bits per heavy atom. The van der Waals surface area contributed by atoms with Crippen LogP contribution in [-0.2, 0) is 9.53 Å². The molecule has 1 aliphatic carbocycles. The van der Waals surface area contributed by atoms with Crippen LogP contribution in [0.5, 0.6) is 0 Å². The highest BCUT2D eigenvalue weighted by Gasteiger charge is 2.29. The van der Waals surface area contributed by atoms with Gasteiger partial charge >= 0.3 is 0 Å². The second kappa shape index (κ2) is 4.06. The molecule has 0 spiro atoms. The molecule has 0 bridgehead atoms. The Morgan fingerprint density at radius 1 is 1.18 bits per heavy atom. The molecule has 2 heteroatoms. The molecule has 0 saturated heterocycles. The molecule has 0 radical (unpaired) electrons. The van der Waals surface area contributed by atoms with Crippen LogP contribution < -0.4 is 0 Å². The van der Waals surface area contributed by atoms with Gasteiger partial charge in [0, 0.05) is 12.0 Å². The molecule has 1 heterocycles. The number of Topliss-reactive ketones (excluding diaryl/α,β-unsaturated/α-hetero) is 1. The third kappa shape index (κ3) is 1.72. The van der Waals surface area contributed by atoms with Crippen LogP contribution in [0.1, 0.15) is 12.0 Å². The Bertz CT molecular complexity index is 535. The summed E-state index contributed by atoms with van der Waals surface area (Å²) in [6.07, 6.45) is 8.06. The van der Waals surface area contributed by atoms with Crippen LogP contribution >= 0.6 is 0 Å². The second-order valence-electron chi connectivity index (χ2n) is 4.14. The highest BCUT2D eigenvalue weighted by atomic mass is 16.5. The first-order valence-electron chi connectivity index (χ1n) is 5.69. The fourth-order valence-electron chi connectivity index (χ4n) is 2.13. The Labute approximate surface area is 99.9 Å². The molecule has 84 valence electrons. The first-order valence-corrected chi connectivity index (χ1v) is 5.69. The van der Waals surface area contributed by atoms with Crippen LogP contribution in [-0.4, -0.2) is 11.9 Å². The lowest BCUT2D eigenvalue weighted by atomic mass is 9.89. The van der Waals surface area contributed by atoms with Crippen molar-refractivity contribution in [3.8, 4) is 0 Å². The number of carbonyl (C=O) groups excluding carboxylic acids is 1. The van der Waals surface area contributed by atoms with Gasteiger partial charge in [-0.05, 0) is 5.56 Å². The number of ether oxygens (including phenoxy) is 1. The largest absolute Gasteiger partial charge is 0.492 e. The SMILES string of the molecule is O=C1C(c2ccccc2)=COC2CC=CC=C12. The number of rotatable bonds is 1. The highest BCUT2D eigenvalue weighted by Crippen LogP contribution is 2.30. The maximum atomic E-state index is 12.3. The molecule has 1 unspecified atom stereocenters. The number of carbonyl (C=O) groups is 1. The van der Waals surface area contributed by atoms with Crippen molar-refractivity contribution in [1.82, 2.24) is 0 Å². The molecule has 2 nitrogen and oxygen atoms in total. The van der Waals surface area contributed by atoms with Crippen molar-refractivity contribution >= 4 is 11.4 Å². The summed E-state index contributed by atoms with van der Waals surface area (Å²) < 4.78 is 5.62. The number of allylic oxidation sites excluding steroid dienone is 3. The van der Waals surface area contributed by atoms with Crippen LogP contribution in [0.25, 0.3) is 5.57 Å². The zero-order valence-electron chi connectivity index (χ0n) is 9.30. The molecule has 0 amide bonds. The summed E-state index contributed by atoms with van der Waals surface area (Å²) >= 11 is 0. The molecular formula is C15H12O2. The van der Waals surface area contributed by atoms with Gasteiger partial charge < -0.3 is 4.74 Å². The van der Waals surface area contributed by atoms with Gasteiger partial charge in [0.25, 0.3) is 0 Å². The van der Waals surface area contributed by atoms with Crippen molar-refractivity contribution in [3.63, 3.8) is 0 Å². The third-order valence-corrected chi connectivity index (χ3v) is 3.05. The van der Waals surface area contributed by atoms with Crippen LogP contribution in [0.15, 0.2) is 60.4 Å². The zero-order valence-corrected chi connectivity index (χ0v) is 9.30. The standard InChI is InChI=1S/C15H12O2/c16-15-12-8-4-5-9-14(12)17-10-13(15)11-6-2-1-3-7-11/h1-8,10,14H,9H2. The quantitative estimate of drug-likeness (QED) is 0.733. The van der Waals surface area contributed by atoms with Crippen LogP contribution in [0.2, 0.25) is 0 Å². The average Bonchev–Trinajstić information content (AvgIpc) is 2.40. The van der Waals surface area contributed by atoms with E-state index in [0.29, 0.717) is 5.57 Å².